The number of aromatic amines is 2. The number of methoxy groups -OCH3 is 1. The number of benzene rings is 2. The summed E-state index contributed by atoms with van der Waals surface area (Å²) in [5.74, 6) is 1.58. The average molecular weight is 775 g/mol. The molecule has 4 fully saturated rings. The molecule has 0 spiro atoms. The van der Waals surface area contributed by atoms with Gasteiger partial charge < -0.3 is 40.2 Å². The minimum atomic E-state index is -1.21. The highest BCUT2D eigenvalue weighted by atomic mass is 16.5. The first kappa shape index (κ1) is 36.6. The molecule has 16 nitrogen and oxygen atoms in total. The third kappa shape index (κ3) is 6.59. The van der Waals surface area contributed by atoms with Gasteiger partial charge >= 0.3 is 12.2 Å². The SMILES string of the molecule is COC(=O)N[C@H](C(=O)N1[C@@H]2C[C@@H]2C[C@H]1c1nc2cc(-c3cnc4cc(-c5c[nH]c([C@@H]6C[C@H]7C[C@H]7N6C(=O)[C@@H](NC(=O)O)C(C)C)n5)ccc4n3)ccc2[nH]1)C(C)C. The molecule has 2 aromatic carbocycles. The molecule has 4 amide bonds. The first-order valence-corrected chi connectivity index (χ1v) is 19.7. The minimum absolute atomic E-state index is 0.105. The topological polar surface area (TPSA) is 211 Å². The number of piperidine rings is 2. The lowest BCUT2D eigenvalue weighted by atomic mass is 10.0. The first-order chi connectivity index (χ1) is 27.4. The Morgan fingerprint density at radius 3 is 2.02 bits per heavy atom. The number of fused-ring (bicyclic) bond motifs is 4. The van der Waals surface area contributed by atoms with Gasteiger partial charge in [0.05, 0.1) is 58.8 Å². The van der Waals surface area contributed by atoms with E-state index < -0.39 is 24.3 Å². The summed E-state index contributed by atoms with van der Waals surface area (Å²) in [6, 6.07) is 9.99. The van der Waals surface area contributed by atoms with Crippen molar-refractivity contribution in [2.45, 2.75) is 89.6 Å². The largest absolute Gasteiger partial charge is 0.465 e. The summed E-state index contributed by atoms with van der Waals surface area (Å²) in [5.41, 5.74) is 6.14. The molecule has 2 aliphatic carbocycles. The van der Waals surface area contributed by atoms with E-state index in [4.69, 9.17) is 24.7 Å². The van der Waals surface area contributed by atoms with Crippen molar-refractivity contribution in [1.82, 2.24) is 50.3 Å². The van der Waals surface area contributed by atoms with Gasteiger partial charge in [0, 0.05) is 29.4 Å². The van der Waals surface area contributed by atoms with Gasteiger partial charge in [-0.1, -0.05) is 39.8 Å². The van der Waals surface area contributed by atoms with Crippen molar-refractivity contribution in [2.24, 2.45) is 23.7 Å². The van der Waals surface area contributed by atoms with Crippen LogP contribution in [0.3, 0.4) is 0 Å². The number of alkyl carbamates (subject to hydrolysis) is 1. The molecule has 2 aliphatic heterocycles. The van der Waals surface area contributed by atoms with Gasteiger partial charge in [0.15, 0.2) is 0 Å². The molecule has 0 radical (unpaired) electrons. The van der Waals surface area contributed by atoms with Crippen LogP contribution in [0, 0.1) is 23.7 Å². The lowest BCUT2D eigenvalue weighted by molar-refractivity contribution is -0.137. The van der Waals surface area contributed by atoms with Crippen molar-refractivity contribution in [1.29, 1.82) is 0 Å². The van der Waals surface area contributed by atoms with Crippen LogP contribution < -0.4 is 10.6 Å². The van der Waals surface area contributed by atoms with Gasteiger partial charge in [0.1, 0.15) is 23.7 Å². The van der Waals surface area contributed by atoms with Crippen molar-refractivity contribution < 1.29 is 29.0 Å². The second-order valence-corrected chi connectivity index (χ2v) is 16.6. The van der Waals surface area contributed by atoms with Crippen LogP contribution in [0.5, 0.6) is 0 Å². The van der Waals surface area contributed by atoms with Gasteiger partial charge in [0.25, 0.3) is 0 Å². The second-order valence-electron chi connectivity index (χ2n) is 16.6. The standard InChI is InChI=1S/C41H46N10O6/c1-18(2)34(48-40(54)55)38(52)50-30-12-22(30)14-32(50)36-43-17-29(47-36)20-6-8-24-26(10-20)42-16-28(44-24)21-7-9-25-27(11-21)46-37(45-25)33-15-23-13-31(23)51(33)39(53)35(19(3)4)49-41(56)57-5/h6-11,16-19,22-23,30-35,48H,12-15H2,1-5H3,(H,43,47)(H,45,46)(H,49,56)(H,54,55)/t22-,23-,30-,31-,32+,33+,34+,35+/m1/s1. The third-order valence-corrected chi connectivity index (χ3v) is 12.2. The zero-order valence-corrected chi connectivity index (χ0v) is 32.4. The van der Waals surface area contributed by atoms with Crippen molar-refractivity contribution >= 4 is 46.1 Å². The lowest BCUT2D eigenvalue weighted by Gasteiger charge is -2.31. The molecular weight excluding hydrogens is 729 g/mol. The van der Waals surface area contributed by atoms with Gasteiger partial charge in [-0.2, -0.15) is 0 Å². The number of amides is 4. The van der Waals surface area contributed by atoms with E-state index >= 15 is 0 Å². The van der Waals surface area contributed by atoms with E-state index in [0.717, 1.165) is 53.7 Å². The van der Waals surface area contributed by atoms with Gasteiger partial charge in [-0.3, -0.25) is 14.6 Å². The summed E-state index contributed by atoms with van der Waals surface area (Å²) >= 11 is 0. The van der Waals surface area contributed by atoms with Crippen LogP contribution in [-0.4, -0.2) is 100 Å². The monoisotopic (exact) mass is 774 g/mol. The Morgan fingerprint density at radius 2 is 1.37 bits per heavy atom. The lowest BCUT2D eigenvalue weighted by Crippen LogP contribution is -2.52. The van der Waals surface area contributed by atoms with Crippen LogP contribution in [-0.2, 0) is 14.3 Å². The van der Waals surface area contributed by atoms with Crippen molar-refractivity contribution in [3.8, 4) is 22.5 Å². The third-order valence-electron chi connectivity index (χ3n) is 12.2. The fourth-order valence-corrected chi connectivity index (χ4v) is 9.01. The van der Waals surface area contributed by atoms with Crippen LogP contribution in [0.1, 0.15) is 77.1 Å². The fourth-order valence-electron chi connectivity index (χ4n) is 9.01. The van der Waals surface area contributed by atoms with E-state index in [1.807, 2.05) is 80.1 Å². The molecule has 5 aromatic rings. The predicted molar refractivity (Wildman–Crippen MR) is 208 cm³/mol. The molecule has 16 heteroatoms. The number of rotatable bonds is 10. The maximum atomic E-state index is 13.9. The highest BCUT2D eigenvalue weighted by Gasteiger charge is 2.57. The van der Waals surface area contributed by atoms with Crippen LogP contribution in [0.2, 0.25) is 0 Å². The summed E-state index contributed by atoms with van der Waals surface area (Å²) in [5, 5.41) is 14.5. The number of ether oxygens (including phenoxy) is 1. The van der Waals surface area contributed by atoms with Gasteiger partial charge in [-0.15, -0.1) is 0 Å². The van der Waals surface area contributed by atoms with Crippen LogP contribution in [0.25, 0.3) is 44.6 Å². The Bertz CT molecular complexity index is 2420. The number of carbonyl (C=O) groups excluding carboxylic acids is 3. The molecule has 296 valence electrons. The zero-order chi connectivity index (χ0) is 39.9. The number of carbonyl (C=O) groups is 4. The summed E-state index contributed by atoms with van der Waals surface area (Å²) in [4.78, 5) is 81.1. The van der Waals surface area contributed by atoms with Crippen LogP contribution >= 0.6 is 0 Å². The maximum Gasteiger partial charge on any atom is 0.407 e. The number of nitrogens with one attached hydrogen (secondary N) is 4. The Kier molecular flexibility index (Phi) is 8.88. The number of likely N-dealkylation sites (tertiary alicyclic amines) is 2. The zero-order valence-electron chi connectivity index (χ0n) is 32.4. The average Bonchev–Trinajstić information content (AvgIpc) is 3.82. The highest BCUT2D eigenvalue weighted by Crippen LogP contribution is 2.54. The van der Waals surface area contributed by atoms with E-state index in [1.54, 1.807) is 6.20 Å². The predicted octanol–water partition coefficient (Wildman–Crippen LogP) is 5.56. The molecule has 4 aliphatic rings. The van der Waals surface area contributed by atoms with E-state index in [9.17, 15) is 24.3 Å². The van der Waals surface area contributed by atoms with E-state index in [2.05, 4.69) is 20.6 Å². The molecule has 8 atom stereocenters. The summed E-state index contributed by atoms with van der Waals surface area (Å²) < 4.78 is 4.80. The molecule has 0 unspecified atom stereocenters. The Morgan fingerprint density at radius 1 is 0.754 bits per heavy atom. The summed E-state index contributed by atoms with van der Waals surface area (Å²) in [7, 11) is 1.29. The van der Waals surface area contributed by atoms with Crippen LogP contribution in [0.15, 0.2) is 48.8 Å². The highest BCUT2D eigenvalue weighted by molar-refractivity contribution is 5.89. The molecule has 57 heavy (non-hydrogen) atoms. The minimum Gasteiger partial charge on any atom is -0.465 e. The molecule has 2 saturated heterocycles. The number of hydrogen-bond donors (Lipinski definition) is 5. The quantitative estimate of drug-likeness (QED) is 0.119. The van der Waals surface area contributed by atoms with Crippen molar-refractivity contribution in [3.05, 3.63) is 60.4 Å². The fraction of sp³-hybridized carbons (Fsp3) is 0.463. The molecular formula is C41H46N10O6. The van der Waals surface area contributed by atoms with E-state index in [-0.39, 0.29) is 47.8 Å². The Balaban J connectivity index is 0.927. The molecule has 5 N–H and O–H groups in total. The number of H-pyrrole nitrogens is 2. The first-order valence-electron chi connectivity index (χ1n) is 19.7. The van der Waals surface area contributed by atoms with E-state index in [1.165, 1.54) is 7.11 Å². The maximum absolute atomic E-state index is 13.9. The van der Waals surface area contributed by atoms with Crippen molar-refractivity contribution in [2.75, 3.05) is 7.11 Å². The second kappa shape index (κ2) is 13.8. The normalized spacial score (nSPS) is 24.4. The Hall–Kier alpha value is -6.06. The van der Waals surface area contributed by atoms with Crippen LogP contribution in [0.4, 0.5) is 9.59 Å². The van der Waals surface area contributed by atoms with E-state index in [0.29, 0.717) is 40.1 Å². The smallest absolute Gasteiger partial charge is 0.407 e. The number of hydrogen-bond acceptors (Lipinski definition) is 9. The molecule has 3 aromatic heterocycles. The number of carboxylic acid groups (broad SMARTS) is 1. The number of imidazole rings is 2. The van der Waals surface area contributed by atoms with Gasteiger partial charge in [-0.05, 0) is 73.6 Å². The van der Waals surface area contributed by atoms with Gasteiger partial charge in [0.2, 0.25) is 11.8 Å². The summed E-state index contributed by atoms with van der Waals surface area (Å²) in [6.07, 6.45) is 5.22. The number of aromatic nitrogens is 6. The molecule has 2 saturated carbocycles. The molecule has 9 rings (SSSR count). The van der Waals surface area contributed by atoms with Gasteiger partial charge in [-0.25, -0.2) is 24.5 Å². The Labute approximate surface area is 328 Å². The number of nitrogens with zero attached hydrogens (tertiary/aromatic N) is 6. The molecule has 0 bridgehead atoms. The molecule has 5 heterocycles. The summed E-state index contributed by atoms with van der Waals surface area (Å²) in [6.45, 7) is 7.50. The van der Waals surface area contributed by atoms with Crippen molar-refractivity contribution in [3.63, 3.8) is 0 Å².